The van der Waals surface area contributed by atoms with Gasteiger partial charge < -0.3 is 9.80 Å². The Morgan fingerprint density at radius 2 is 0.868 bits per heavy atom. The fraction of sp³-hybridized carbons (Fsp3) is 0.216. The molecule has 0 saturated heterocycles. The van der Waals surface area contributed by atoms with E-state index in [1.54, 1.807) is 0 Å². The van der Waals surface area contributed by atoms with Gasteiger partial charge in [-0.15, -0.1) is 0 Å². The third-order valence-electron chi connectivity index (χ3n) is 21.2. The van der Waals surface area contributed by atoms with Gasteiger partial charge in [-0.25, -0.2) is 0 Å². The summed E-state index contributed by atoms with van der Waals surface area (Å²) in [5.74, 6) is 0. The molecule has 0 fully saturated rings. The summed E-state index contributed by atoms with van der Waals surface area (Å²) < 4.78 is 2.59. The third kappa shape index (κ3) is 10.00. The molecule has 11 aromatic rings. The van der Waals surface area contributed by atoms with E-state index in [0.29, 0.717) is 0 Å². The zero-order valence-electron chi connectivity index (χ0n) is 54.4. The molecule has 91 heavy (non-hydrogen) atoms. The first kappa shape index (κ1) is 59.1. The Morgan fingerprint density at radius 1 is 0.451 bits per heavy atom. The van der Waals surface area contributed by atoms with Crippen LogP contribution in [0.1, 0.15) is 98.5 Å². The molecule has 3 aliphatic rings. The van der Waals surface area contributed by atoms with Crippen molar-refractivity contribution >= 4 is 65.9 Å². The SMILES string of the molecule is C=C(C=CC=C1N(CC)c2ccc3ccccc3c2C1(C)Cc1ccccc1)C(C)(Cc1ccc(CC2(C)C(C=CC=C3N(CC)c4ccc5ccccc5c4C3(C)Cc3ccccc3)=[N+](CC)c3ccc4ccccc4c32)cc1)c1c(C)ccc2ccccc12. The fourth-order valence-electron chi connectivity index (χ4n) is 17.0. The molecule has 0 radical (unpaired) electrons. The molecule has 0 aromatic heterocycles. The van der Waals surface area contributed by atoms with Gasteiger partial charge in [0.05, 0.1) is 5.41 Å². The summed E-state index contributed by atoms with van der Waals surface area (Å²) in [6.07, 6.45) is 17.7. The normalized spacial score (nSPS) is 20.3. The number of hydrogen-bond donors (Lipinski definition) is 0. The maximum absolute atomic E-state index is 5.06. The van der Waals surface area contributed by atoms with Crippen molar-refractivity contribution in [1.82, 2.24) is 0 Å². The minimum Gasteiger partial charge on any atom is -0.344 e. The molecule has 0 N–H and O–H groups in total. The Morgan fingerprint density at radius 3 is 1.38 bits per heavy atom. The molecule has 0 spiro atoms. The van der Waals surface area contributed by atoms with E-state index in [4.69, 9.17) is 6.58 Å². The highest BCUT2D eigenvalue weighted by Gasteiger charge is 2.50. The zero-order chi connectivity index (χ0) is 62.7. The molecule has 3 heterocycles. The van der Waals surface area contributed by atoms with Crippen molar-refractivity contribution in [2.45, 2.75) is 103 Å². The van der Waals surface area contributed by atoms with Crippen molar-refractivity contribution in [2.24, 2.45) is 0 Å². The van der Waals surface area contributed by atoms with Gasteiger partial charge in [0.25, 0.3) is 0 Å². The van der Waals surface area contributed by atoms with Gasteiger partial charge in [0.15, 0.2) is 5.71 Å². The van der Waals surface area contributed by atoms with Gasteiger partial charge in [0, 0.05) is 69.8 Å². The van der Waals surface area contributed by atoms with E-state index in [9.17, 15) is 0 Å². The molecule has 11 aromatic carbocycles. The van der Waals surface area contributed by atoms with Crippen LogP contribution in [0.4, 0.5) is 17.1 Å². The first-order valence-corrected chi connectivity index (χ1v) is 33.2. The summed E-state index contributed by atoms with van der Waals surface area (Å²) in [4.78, 5) is 5.12. The van der Waals surface area contributed by atoms with Crippen molar-refractivity contribution in [3.05, 3.63) is 341 Å². The van der Waals surface area contributed by atoms with Crippen LogP contribution in [0.25, 0.3) is 43.1 Å². The molecule has 3 heteroatoms. The fourth-order valence-corrected chi connectivity index (χ4v) is 17.0. The van der Waals surface area contributed by atoms with Crippen LogP contribution in [-0.4, -0.2) is 29.9 Å². The minimum atomic E-state index is -0.455. The molecule has 0 saturated carbocycles. The van der Waals surface area contributed by atoms with Crippen LogP contribution >= 0.6 is 0 Å². The van der Waals surface area contributed by atoms with Crippen LogP contribution < -0.4 is 9.80 Å². The van der Waals surface area contributed by atoms with Crippen LogP contribution in [0.15, 0.2) is 291 Å². The molecule has 0 bridgehead atoms. The molecular weight excluding hydrogens is 1100 g/mol. The third-order valence-corrected chi connectivity index (χ3v) is 21.2. The number of nitrogens with zero attached hydrogens (tertiary/aromatic N) is 3. The van der Waals surface area contributed by atoms with Crippen molar-refractivity contribution in [3.8, 4) is 0 Å². The van der Waals surface area contributed by atoms with Crippen molar-refractivity contribution in [2.75, 3.05) is 29.4 Å². The highest BCUT2D eigenvalue weighted by molar-refractivity contribution is 6.08. The van der Waals surface area contributed by atoms with E-state index in [2.05, 4.69) is 337 Å². The number of rotatable bonds is 17. The summed E-state index contributed by atoms with van der Waals surface area (Å²) in [5, 5.41) is 10.3. The van der Waals surface area contributed by atoms with Gasteiger partial charge in [0.1, 0.15) is 6.54 Å². The summed E-state index contributed by atoms with van der Waals surface area (Å²) in [6, 6.07) is 86.2. The lowest BCUT2D eigenvalue weighted by Gasteiger charge is -2.34. The number of anilines is 2. The second-order valence-electron chi connectivity index (χ2n) is 26.8. The van der Waals surface area contributed by atoms with Crippen LogP contribution in [-0.2, 0) is 47.3 Å². The number of hydrogen-bond acceptors (Lipinski definition) is 2. The Kier molecular flexibility index (Phi) is 15.4. The van der Waals surface area contributed by atoms with Gasteiger partial charge in [-0.2, -0.15) is 4.58 Å². The summed E-state index contributed by atoms with van der Waals surface area (Å²) in [5.41, 5.74) is 19.7. The van der Waals surface area contributed by atoms with E-state index < -0.39 is 5.41 Å². The van der Waals surface area contributed by atoms with Crippen molar-refractivity contribution in [1.29, 1.82) is 0 Å². The smallest absolute Gasteiger partial charge is 0.210 e. The van der Waals surface area contributed by atoms with E-state index in [-0.39, 0.29) is 16.2 Å². The Bertz CT molecular complexity index is 4810. The average molecular weight is 1180 g/mol. The predicted octanol–water partition coefficient (Wildman–Crippen LogP) is 21.2. The van der Waals surface area contributed by atoms with Gasteiger partial charge in [0.2, 0.25) is 5.69 Å². The van der Waals surface area contributed by atoms with Gasteiger partial charge >= 0.3 is 0 Å². The summed E-state index contributed by atoms with van der Waals surface area (Å²) in [7, 11) is 0. The topological polar surface area (TPSA) is 9.49 Å². The quantitative estimate of drug-likeness (QED) is 0.0664. The second-order valence-corrected chi connectivity index (χ2v) is 26.8. The maximum atomic E-state index is 5.06. The largest absolute Gasteiger partial charge is 0.344 e. The molecule has 0 amide bonds. The Balaban J connectivity index is 0.827. The predicted molar refractivity (Wildman–Crippen MR) is 389 cm³/mol. The van der Waals surface area contributed by atoms with E-state index in [1.807, 2.05) is 0 Å². The number of likely N-dealkylation sites (N-methyl/N-ethyl adjacent to an activating group) is 2. The highest BCUT2D eigenvalue weighted by Crippen LogP contribution is 2.55. The second kappa shape index (κ2) is 23.7. The Hall–Kier alpha value is -9.57. The monoisotopic (exact) mass is 1180 g/mol. The molecule has 0 aliphatic carbocycles. The van der Waals surface area contributed by atoms with Crippen LogP contribution in [0.2, 0.25) is 0 Å². The van der Waals surface area contributed by atoms with Crippen LogP contribution in [0.5, 0.6) is 0 Å². The van der Waals surface area contributed by atoms with Crippen LogP contribution in [0.3, 0.4) is 0 Å². The first-order chi connectivity index (χ1) is 44.3. The maximum Gasteiger partial charge on any atom is 0.210 e. The first-order valence-electron chi connectivity index (χ1n) is 33.2. The van der Waals surface area contributed by atoms with E-state index >= 15 is 0 Å². The number of allylic oxidation sites excluding steroid dienone is 9. The summed E-state index contributed by atoms with van der Waals surface area (Å²) >= 11 is 0. The lowest BCUT2D eigenvalue weighted by atomic mass is 9.68. The summed E-state index contributed by atoms with van der Waals surface area (Å²) in [6.45, 7) is 26.7. The minimum absolute atomic E-state index is 0.268. The number of fused-ring (bicyclic) bond motifs is 10. The molecule has 3 nitrogen and oxygen atoms in total. The number of benzene rings is 11. The standard InChI is InChI=1S/C88H84N3/c1-10-89-75-54-51-68-35-20-24-39-72(68)82(75)86(7,58-63-30-15-13-16-31-63)78(89)42-27-29-62(5)85(6,81-61(4)45-50-67-34-19-23-38-71(67)81)57-65-46-48-66(49-47-65)60-88(9)80(91(12-3)77-56-53-70-37-22-26-41-74(70)84(77)88)44-28-43-79-87(8,59-64-32-17-14-18-33-64)83-73-40-25-21-36-69(73)52-55-76(83)90(79)11-2/h13-56H,5,10-12,57-60H2,1-4,6-9H3/q+1. The van der Waals surface area contributed by atoms with Gasteiger partial charge in [-0.1, -0.05) is 238 Å². The molecule has 14 rings (SSSR count). The lowest BCUT2D eigenvalue weighted by molar-refractivity contribution is -0.433. The van der Waals surface area contributed by atoms with E-state index in [1.165, 1.54) is 127 Å². The number of aryl methyl sites for hydroxylation is 1. The van der Waals surface area contributed by atoms with E-state index in [0.717, 1.165) is 50.9 Å². The average Bonchev–Trinajstić information content (AvgIpc) is 1.60. The molecule has 4 atom stereocenters. The van der Waals surface area contributed by atoms with Gasteiger partial charge in [-0.05, 0) is 198 Å². The Labute approximate surface area is 540 Å². The molecule has 3 aliphatic heterocycles. The van der Waals surface area contributed by atoms with Gasteiger partial charge in [-0.3, -0.25) is 0 Å². The molecule has 450 valence electrons. The lowest BCUT2D eigenvalue weighted by Crippen LogP contribution is -2.34. The van der Waals surface area contributed by atoms with Crippen molar-refractivity contribution in [3.63, 3.8) is 0 Å². The van der Waals surface area contributed by atoms with Crippen molar-refractivity contribution < 1.29 is 4.58 Å². The zero-order valence-corrected chi connectivity index (χ0v) is 54.4. The highest BCUT2D eigenvalue weighted by atomic mass is 15.2. The van der Waals surface area contributed by atoms with Crippen LogP contribution in [0, 0.1) is 6.92 Å². The molecule has 4 unspecified atom stereocenters. The molecular formula is C88H84N3+.